The second-order valence-corrected chi connectivity index (χ2v) is 3.03. The summed E-state index contributed by atoms with van der Waals surface area (Å²) in [6, 6.07) is 3.26. The zero-order chi connectivity index (χ0) is 13.7. The third-order valence-electron chi connectivity index (χ3n) is 1.92. The van der Waals surface area contributed by atoms with E-state index in [4.69, 9.17) is 0 Å². The molecule has 0 bridgehead atoms. The fraction of sp³-hybridized carbons (Fsp3) is 0.222. The van der Waals surface area contributed by atoms with E-state index in [1.165, 1.54) is 6.92 Å². The van der Waals surface area contributed by atoms with Crippen LogP contribution in [-0.2, 0) is 4.74 Å². The van der Waals surface area contributed by atoms with Crippen LogP contribution in [0.5, 0.6) is 0 Å². The lowest BCUT2D eigenvalue weighted by Gasteiger charge is -2.06. The minimum absolute atomic E-state index is 0.0419. The van der Waals surface area contributed by atoms with Crippen molar-refractivity contribution >= 4 is 23.2 Å². The SMILES string of the molecule is CCOC(=O)Nc1c([N+](=O)[O-])cccc1[N+](=O)[O-]. The quantitative estimate of drug-likeness (QED) is 0.648. The first-order valence-electron chi connectivity index (χ1n) is 4.83. The maximum Gasteiger partial charge on any atom is 0.412 e. The second kappa shape index (κ2) is 5.57. The lowest BCUT2D eigenvalue weighted by atomic mass is 10.2. The van der Waals surface area contributed by atoms with E-state index in [2.05, 4.69) is 4.74 Å². The van der Waals surface area contributed by atoms with Gasteiger partial charge in [-0.05, 0) is 13.0 Å². The summed E-state index contributed by atoms with van der Waals surface area (Å²) in [4.78, 5) is 31.0. The van der Waals surface area contributed by atoms with Crippen LogP contribution >= 0.6 is 0 Å². The van der Waals surface area contributed by atoms with Gasteiger partial charge in [0.05, 0.1) is 16.5 Å². The largest absolute Gasteiger partial charge is 0.450 e. The minimum Gasteiger partial charge on any atom is -0.450 e. The highest BCUT2D eigenvalue weighted by molar-refractivity contribution is 5.91. The summed E-state index contributed by atoms with van der Waals surface area (Å²) in [5.74, 6) is 0. The van der Waals surface area contributed by atoms with Crippen LogP contribution in [-0.4, -0.2) is 22.5 Å². The molecule has 1 N–H and O–H groups in total. The molecule has 0 aromatic heterocycles. The molecule has 0 saturated heterocycles. The normalized spacial score (nSPS) is 9.61. The molecule has 0 fully saturated rings. The first-order valence-corrected chi connectivity index (χ1v) is 4.83. The van der Waals surface area contributed by atoms with E-state index in [1.54, 1.807) is 0 Å². The number of rotatable bonds is 4. The summed E-state index contributed by atoms with van der Waals surface area (Å²) in [5.41, 5.74) is -1.64. The highest BCUT2D eigenvalue weighted by Crippen LogP contribution is 2.33. The Kier molecular flexibility index (Phi) is 4.13. The Morgan fingerprint density at radius 3 is 2.17 bits per heavy atom. The predicted octanol–water partition coefficient (Wildman–Crippen LogP) is 2.07. The van der Waals surface area contributed by atoms with Crippen LogP contribution in [0.3, 0.4) is 0 Å². The standard InChI is InChI=1S/C9H9N3O6/c1-2-18-9(13)10-8-6(11(14)15)4-3-5-7(8)12(16)17/h3-5H,2H2,1H3,(H,10,13). The molecule has 9 heteroatoms. The summed E-state index contributed by atoms with van der Waals surface area (Å²) in [5, 5.41) is 23.5. The zero-order valence-corrected chi connectivity index (χ0v) is 9.28. The number of ether oxygens (including phenoxy) is 1. The van der Waals surface area contributed by atoms with Gasteiger partial charge in [-0.3, -0.25) is 25.5 Å². The molecule has 9 nitrogen and oxygen atoms in total. The molecular formula is C9H9N3O6. The number of carbonyl (C=O) groups excluding carboxylic acids is 1. The number of amides is 1. The molecule has 0 spiro atoms. The number of para-hydroxylation sites is 1. The Bertz CT molecular complexity index is 469. The van der Waals surface area contributed by atoms with Gasteiger partial charge >= 0.3 is 6.09 Å². The molecule has 1 aromatic rings. The third-order valence-corrected chi connectivity index (χ3v) is 1.92. The Balaban J connectivity index is 3.23. The molecule has 0 heterocycles. The fourth-order valence-electron chi connectivity index (χ4n) is 1.23. The highest BCUT2D eigenvalue weighted by Gasteiger charge is 2.26. The van der Waals surface area contributed by atoms with Gasteiger partial charge in [0.15, 0.2) is 0 Å². The Labute approximate surface area is 101 Å². The van der Waals surface area contributed by atoms with Crippen LogP contribution in [0, 0.1) is 20.2 Å². The van der Waals surface area contributed by atoms with Gasteiger partial charge in [-0.2, -0.15) is 0 Å². The lowest BCUT2D eigenvalue weighted by Crippen LogP contribution is -2.15. The van der Waals surface area contributed by atoms with Crippen molar-refractivity contribution in [2.24, 2.45) is 0 Å². The Hall–Kier alpha value is -2.71. The molecule has 0 unspecified atom stereocenters. The van der Waals surface area contributed by atoms with E-state index in [0.717, 1.165) is 18.2 Å². The van der Waals surface area contributed by atoms with Crippen LogP contribution in [0.4, 0.5) is 21.9 Å². The van der Waals surface area contributed by atoms with Gasteiger partial charge in [0, 0.05) is 12.1 Å². The van der Waals surface area contributed by atoms with E-state index in [-0.39, 0.29) is 6.61 Å². The number of benzene rings is 1. The fourth-order valence-corrected chi connectivity index (χ4v) is 1.23. The molecule has 0 aliphatic rings. The molecular weight excluding hydrogens is 246 g/mol. The van der Waals surface area contributed by atoms with Crippen molar-refractivity contribution in [2.45, 2.75) is 6.92 Å². The van der Waals surface area contributed by atoms with Gasteiger partial charge in [0.25, 0.3) is 11.4 Å². The van der Waals surface area contributed by atoms with Gasteiger partial charge < -0.3 is 4.74 Å². The Morgan fingerprint density at radius 1 is 1.28 bits per heavy atom. The summed E-state index contributed by atoms with van der Waals surface area (Å²) in [7, 11) is 0. The average molecular weight is 255 g/mol. The van der Waals surface area contributed by atoms with Gasteiger partial charge in [-0.1, -0.05) is 0 Å². The van der Waals surface area contributed by atoms with E-state index in [0.29, 0.717) is 0 Å². The highest BCUT2D eigenvalue weighted by atomic mass is 16.6. The first kappa shape index (κ1) is 13.4. The molecule has 0 aliphatic heterocycles. The molecule has 1 aromatic carbocycles. The number of nitrogens with zero attached hydrogens (tertiary/aromatic N) is 2. The Morgan fingerprint density at radius 2 is 1.78 bits per heavy atom. The maximum atomic E-state index is 11.2. The van der Waals surface area contributed by atoms with Crippen LogP contribution in [0.1, 0.15) is 6.92 Å². The topological polar surface area (TPSA) is 125 Å². The van der Waals surface area contributed by atoms with Crippen LogP contribution < -0.4 is 5.32 Å². The van der Waals surface area contributed by atoms with E-state index in [1.807, 2.05) is 5.32 Å². The van der Waals surface area contributed by atoms with Crippen molar-refractivity contribution in [1.82, 2.24) is 0 Å². The zero-order valence-electron chi connectivity index (χ0n) is 9.28. The van der Waals surface area contributed by atoms with Crippen LogP contribution in [0.15, 0.2) is 18.2 Å². The molecule has 1 rings (SSSR count). The number of carbonyl (C=O) groups is 1. The van der Waals surface area contributed by atoms with Gasteiger partial charge in [0.2, 0.25) is 5.69 Å². The molecule has 1 amide bonds. The van der Waals surface area contributed by atoms with E-state index in [9.17, 15) is 25.0 Å². The monoisotopic (exact) mass is 255 g/mol. The first-order chi connectivity index (χ1) is 8.47. The summed E-state index contributed by atoms with van der Waals surface area (Å²) in [6.45, 7) is 1.58. The summed E-state index contributed by atoms with van der Waals surface area (Å²) in [6.07, 6.45) is -0.991. The smallest absolute Gasteiger partial charge is 0.412 e. The summed E-state index contributed by atoms with van der Waals surface area (Å²) >= 11 is 0. The van der Waals surface area contributed by atoms with Gasteiger partial charge in [-0.15, -0.1) is 0 Å². The molecule has 96 valence electrons. The van der Waals surface area contributed by atoms with E-state index >= 15 is 0 Å². The number of nitro groups is 2. The van der Waals surface area contributed by atoms with Gasteiger partial charge in [-0.25, -0.2) is 4.79 Å². The van der Waals surface area contributed by atoms with Crippen molar-refractivity contribution in [3.05, 3.63) is 38.4 Å². The van der Waals surface area contributed by atoms with Crippen LogP contribution in [0.2, 0.25) is 0 Å². The van der Waals surface area contributed by atoms with Crippen molar-refractivity contribution in [3.63, 3.8) is 0 Å². The number of hydrogen-bond donors (Lipinski definition) is 1. The lowest BCUT2D eigenvalue weighted by molar-refractivity contribution is -0.392. The van der Waals surface area contributed by atoms with Gasteiger partial charge in [0.1, 0.15) is 0 Å². The third kappa shape index (κ3) is 2.90. The van der Waals surface area contributed by atoms with Crippen molar-refractivity contribution in [1.29, 1.82) is 0 Å². The molecule has 0 saturated carbocycles. The molecule has 0 atom stereocenters. The molecule has 18 heavy (non-hydrogen) atoms. The molecule has 0 aliphatic carbocycles. The predicted molar refractivity (Wildman–Crippen MR) is 60.4 cm³/mol. The minimum atomic E-state index is -0.991. The van der Waals surface area contributed by atoms with Crippen molar-refractivity contribution in [2.75, 3.05) is 11.9 Å². The summed E-state index contributed by atoms with van der Waals surface area (Å²) < 4.78 is 4.52. The van der Waals surface area contributed by atoms with E-state index < -0.39 is 33.0 Å². The average Bonchev–Trinajstić information content (AvgIpc) is 2.28. The molecule has 0 radical (unpaired) electrons. The number of nitro benzene ring substituents is 2. The number of anilines is 1. The van der Waals surface area contributed by atoms with Crippen LogP contribution in [0.25, 0.3) is 0 Å². The number of hydrogen-bond acceptors (Lipinski definition) is 6. The van der Waals surface area contributed by atoms with Crippen molar-refractivity contribution in [3.8, 4) is 0 Å². The number of nitrogens with one attached hydrogen (secondary N) is 1. The second-order valence-electron chi connectivity index (χ2n) is 3.03. The maximum absolute atomic E-state index is 11.2. The van der Waals surface area contributed by atoms with Crippen molar-refractivity contribution < 1.29 is 19.4 Å².